The third kappa shape index (κ3) is 6.67. The number of phenols is 3. The molecule has 0 aromatic heterocycles. The Labute approximate surface area is 252 Å². The molecule has 3 atom stereocenters. The Morgan fingerprint density at radius 3 is 0.905 bits per heavy atom. The zero-order chi connectivity index (χ0) is 31.0. The third-order valence-electron chi connectivity index (χ3n) is 8.36. The van der Waals surface area contributed by atoms with Crippen LogP contribution in [0.2, 0.25) is 0 Å². The molecule has 0 saturated heterocycles. The van der Waals surface area contributed by atoms with Gasteiger partial charge in [-0.3, -0.25) is 0 Å². The largest absolute Gasteiger partial charge is 0.508 e. The standard InChI is InChI=1S/C39H48O3/c1-37(2,3)34(25-13-19-28(40)20-14-25)31-11-10-12-32(35(38(4,5)6)26-15-21-29(41)22-16-26)33(31)36(39(7,8)9)27-17-23-30(42)24-18-27/h10-24,34-36,40-42H,1-9H3. The fourth-order valence-electron chi connectivity index (χ4n) is 6.83. The van der Waals surface area contributed by atoms with Crippen LogP contribution in [0.5, 0.6) is 17.2 Å². The third-order valence-corrected chi connectivity index (χ3v) is 8.36. The molecule has 222 valence electrons. The highest BCUT2D eigenvalue weighted by atomic mass is 16.3. The Morgan fingerprint density at radius 2 is 0.643 bits per heavy atom. The molecule has 0 aliphatic heterocycles. The van der Waals surface area contributed by atoms with Gasteiger partial charge in [0.25, 0.3) is 0 Å². The van der Waals surface area contributed by atoms with Gasteiger partial charge in [0.2, 0.25) is 0 Å². The van der Waals surface area contributed by atoms with Crippen molar-refractivity contribution in [2.24, 2.45) is 16.2 Å². The lowest BCUT2D eigenvalue weighted by Crippen LogP contribution is -2.29. The van der Waals surface area contributed by atoms with Crippen LogP contribution in [0, 0.1) is 16.2 Å². The van der Waals surface area contributed by atoms with Crippen molar-refractivity contribution < 1.29 is 15.3 Å². The van der Waals surface area contributed by atoms with Gasteiger partial charge in [-0.15, -0.1) is 0 Å². The van der Waals surface area contributed by atoms with Crippen molar-refractivity contribution in [3.8, 4) is 17.2 Å². The number of hydrogen-bond acceptors (Lipinski definition) is 3. The van der Waals surface area contributed by atoms with Crippen LogP contribution in [0.25, 0.3) is 0 Å². The van der Waals surface area contributed by atoms with Gasteiger partial charge < -0.3 is 15.3 Å². The summed E-state index contributed by atoms with van der Waals surface area (Å²) >= 11 is 0. The second kappa shape index (κ2) is 11.5. The molecule has 0 spiro atoms. The van der Waals surface area contributed by atoms with Crippen LogP contribution in [0.4, 0.5) is 0 Å². The van der Waals surface area contributed by atoms with E-state index < -0.39 is 0 Å². The first-order chi connectivity index (χ1) is 19.5. The van der Waals surface area contributed by atoms with Crippen molar-refractivity contribution in [2.45, 2.75) is 80.1 Å². The molecule has 0 aliphatic carbocycles. The van der Waals surface area contributed by atoms with Gasteiger partial charge in [0.05, 0.1) is 0 Å². The number of phenolic OH excluding ortho intramolecular Hbond substituents is 3. The summed E-state index contributed by atoms with van der Waals surface area (Å²) < 4.78 is 0. The Hall–Kier alpha value is -3.72. The minimum absolute atomic E-state index is 0.0215. The normalized spacial score (nSPS) is 14.8. The second-order valence-electron chi connectivity index (χ2n) is 15.0. The SMILES string of the molecule is CC(C)(C)C(c1ccc(O)cc1)c1cccc(C(c2ccc(O)cc2)C(C)(C)C)c1C(c1ccc(O)cc1)C(C)(C)C. The van der Waals surface area contributed by atoms with E-state index in [0.717, 1.165) is 16.7 Å². The average Bonchev–Trinajstić information content (AvgIpc) is 2.87. The van der Waals surface area contributed by atoms with Gasteiger partial charge in [-0.25, -0.2) is 0 Å². The lowest BCUT2D eigenvalue weighted by atomic mass is 9.61. The maximum Gasteiger partial charge on any atom is 0.115 e. The molecule has 42 heavy (non-hydrogen) atoms. The van der Waals surface area contributed by atoms with Gasteiger partial charge in [-0.05, 0) is 86.0 Å². The summed E-state index contributed by atoms with van der Waals surface area (Å²) in [4.78, 5) is 0. The van der Waals surface area contributed by atoms with Gasteiger partial charge >= 0.3 is 0 Å². The minimum atomic E-state index is -0.156. The van der Waals surface area contributed by atoms with E-state index in [2.05, 4.69) is 117 Å². The van der Waals surface area contributed by atoms with Crippen LogP contribution in [0.15, 0.2) is 91.0 Å². The van der Waals surface area contributed by atoms with Crippen LogP contribution < -0.4 is 0 Å². The van der Waals surface area contributed by atoms with E-state index >= 15 is 0 Å². The number of hydrogen-bond donors (Lipinski definition) is 3. The fourth-order valence-corrected chi connectivity index (χ4v) is 6.83. The highest BCUT2D eigenvalue weighted by Crippen LogP contribution is 2.53. The van der Waals surface area contributed by atoms with Crippen molar-refractivity contribution in [3.05, 3.63) is 124 Å². The zero-order valence-corrected chi connectivity index (χ0v) is 26.7. The van der Waals surface area contributed by atoms with E-state index in [1.807, 2.05) is 0 Å². The lowest BCUT2D eigenvalue weighted by molar-refractivity contribution is 0.324. The van der Waals surface area contributed by atoms with E-state index in [1.165, 1.54) is 16.7 Å². The van der Waals surface area contributed by atoms with Crippen molar-refractivity contribution in [1.82, 2.24) is 0 Å². The molecule has 0 bridgehead atoms. The topological polar surface area (TPSA) is 60.7 Å². The highest BCUT2D eigenvalue weighted by Gasteiger charge is 2.40. The van der Waals surface area contributed by atoms with E-state index in [4.69, 9.17) is 0 Å². The van der Waals surface area contributed by atoms with E-state index in [-0.39, 0.29) is 51.2 Å². The molecule has 4 rings (SSSR count). The minimum Gasteiger partial charge on any atom is -0.508 e. The molecule has 0 amide bonds. The summed E-state index contributed by atoms with van der Waals surface area (Å²) in [5, 5.41) is 30.5. The van der Waals surface area contributed by atoms with Gasteiger partial charge in [0.1, 0.15) is 17.2 Å². The zero-order valence-electron chi connectivity index (χ0n) is 26.7. The molecule has 0 heterocycles. The quantitative estimate of drug-likeness (QED) is 0.218. The molecule has 0 saturated carbocycles. The first-order valence-electron chi connectivity index (χ1n) is 15.0. The maximum absolute atomic E-state index is 10.2. The van der Waals surface area contributed by atoms with Gasteiger partial charge in [-0.1, -0.05) is 117 Å². The average molecular weight is 565 g/mol. The van der Waals surface area contributed by atoms with Crippen LogP contribution in [-0.4, -0.2) is 15.3 Å². The summed E-state index contributed by atoms with van der Waals surface area (Å²) in [6.07, 6.45) is 0. The van der Waals surface area contributed by atoms with Crippen LogP contribution >= 0.6 is 0 Å². The van der Waals surface area contributed by atoms with Crippen LogP contribution in [0.1, 0.15) is 113 Å². The summed E-state index contributed by atoms with van der Waals surface area (Å²) in [7, 11) is 0. The molecule has 3 N–H and O–H groups in total. The molecule has 0 aliphatic rings. The molecule has 3 heteroatoms. The van der Waals surface area contributed by atoms with Crippen LogP contribution in [0.3, 0.4) is 0 Å². The first kappa shape index (κ1) is 31.2. The predicted octanol–water partition coefficient (Wildman–Crippen LogP) is 10.3. The second-order valence-corrected chi connectivity index (χ2v) is 15.0. The van der Waals surface area contributed by atoms with Crippen molar-refractivity contribution >= 4 is 0 Å². The van der Waals surface area contributed by atoms with Gasteiger partial charge in [0.15, 0.2) is 0 Å². The Kier molecular flexibility index (Phi) is 8.56. The predicted molar refractivity (Wildman–Crippen MR) is 175 cm³/mol. The highest BCUT2D eigenvalue weighted by molar-refractivity contribution is 5.54. The Bertz CT molecular complexity index is 1390. The van der Waals surface area contributed by atoms with Crippen molar-refractivity contribution in [1.29, 1.82) is 0 Å². The smallest absolute Gasteiger partial charge is 0.115 e. The number of benzene rings is 4. The number of aromatic hydroxyl groups is 3. The van der Waals surface area contributed by atoms with Crippen LogP contribution in [-0.2, 0) is 0 Å². The molecular weight excluding hydrogens is 516 g/mol. The Morgan fingerprint density at radius 1 is 0.381 bits per heavy atom. The van der Waals surface area contributed by atoms with E-state index in [9.17, 15) is 15.3 Å². The summed E-state index contributed by atoms with van der Waals surface area (Å²) in [5.74, 6) is 0.904. The lowest BCUT2D eigenvalue weighted by Gasteiger charge is -2.42. The molecule has 0 radical (unpaired) electrons. The van der Waals surface area contributed by atoms with Crippen molar-refractivity contribution in [3.63, 3.8) is 0 Å². The number of rotatable bonds is 6. The van der Waals surface area contributed by atoms with E-state index in [0.29, 0.717) is 0 Å². The summed E-state index contributed by atoms with van der Waals surface area (Å²) in [6, 6.07) is 29.8. The molecule has 4 aromatic rings. The summed E-state index contributed by atoms with van der Waals surface area (Å²) in [6.45, 7) is 20.6. The molecule has 0 fully saturated rings. The van der Waals surface area contributed by atoms with E-state index in [1.54, 1.807) is 36.4 Å². The molecular formula is C39H48O3. The summed E-state index contributed by atoms with van der Waals surface area (Å²) in [5.41, 5.74) is 6.91. The van der Waals surface area contributed by atoms with Crippen molar-refractivity contribution in [2.75, 3.05) is 0 Å². The molecule has 3 nitrogen and oxygen atoms in total. The first-order valence-corrected chi connectivity index (χ1v) is 15.0. The fraction of sp³-hybridized carbons (Fsp3) is 0.385. The monoisotopic (exact) mass is 564 g/mol. The molecule has 3 unspecified atom stereocenters. The van der Waals surface area contributed by atoms with Gasteiger partial charge in [-0.2, -0.15) is 0 Å². The van der Waals surface area contributed by atoms with Gasteiger partial charge in [0, 0.05) is 17.8 Å². The molecule has 4 aromatic carbocycles. The Balaban J connectivity index is 2.16. The maximum atomic E-state index is 10.2.